The third kappa shape index (κ3) is 4.88. The van der Waals surface area contributed by atoms with Crippen molar-refractivity contribution in [3.8, 4) is 0 Å². The van der Waals surface area contributed by atoms with E-state index in [1.165, 1.54) is 4.88 Å². The highest BCUT2D eigenvalue weighted by atomic mass is 79.9. The molecule has 114 valence electrons. The van der Waals surface area contributed by atoms with Crippen LogP contribution in [0, 0.1) is 0 Å². The minimum Gasteiger partial charge on any atom is -0.378 e. The maximum Gasteiger partial charge on any atom is 0.229 e. The first-order valence-electron chi connectivity index (χ1n) is 6.02. The van der Waals surface area contributed by atoms with Crippen LogP contribution in [0.15, 0.2) is 34.1 Å². The van der Waals surface area contributed by atoms with Gasteiger partial charge in [0, 0.05) is 20.4 Å². The van der Waals surface area contributed by atoms with Gasteiger partial charge in [-0.1, -0.05) is 11.6 Å². The Hall–Kier alpha value is -0.760. The van der Waals surface area contributed by atoms with Crippen molar-refractivity contribution in [3.05, 3.63) is 44.0 Å². The molecule has 2 aromatic rings. The first-order valence-corrected chi connectivity index (χ1v) is 9.96. The Morgan fingerprint density at radius 1 is 1.33 bits per heavy atom. The van der Waals surface area contributed by atoms with Crippen LogP contribution in [0.5, 0.6) is 0 Å². The van der Waals surface area contributed by atoms with Crippen LogP contribution in [0.1, 0.15) is 17.8 Å². The quantitative estimate of drug-likeness (QED) is 0.752. The summed E-state index contributed by atoms with van der Waals surface area (Å²) in [6, 6.07) is 7.32. The van der Waals surface area contributed by atoms with Gasteiger partial charge in [0.25, 0.3) is 0 Å². The van der Waals surface area contributed by atoms with Crippen LogP contribution in [-0.4, -0.2) is 14.7 Å². The normalized spacial score (nSPS) is 13.0. The SMILES string of the molecule is CC(Nc1ccc(NS(C)(=O)=O)c(Cl)c1)c1cc(Br)cs1. The molecule has 0 saturated heterocycles. The Labute approximate surface area is 141 Å². The Morgan fingerprint density at radius 2 is 2.05 bits per heavy atom. The average Bonchev–Trinajstić information content (AvgIpc) is 2.78. The van der Waals surface area contributed by atoms with Gasteiger partial charge < -0.3 is 5.32 Å². The summed E-state index contributed by atoms with van der Waals surface area (Å²) in [4.78, 5) is 1.19. The number of thiophene rings is 1. The second kappa shape index (κ2) is 6.56. The summed E-state index contributed by atoms with van der Waals surface area (Å²) in [5, 5.41) is 5.71. The largest absolute Gasteiger partial charge is 0.378 e. The molecule has 0 saturated carbocycles. The molecule has 1 unspecified atom stereocenters. The average molecular weight is 410 g/mol. The summed E-state index contributed by atoms with van der Waals surface area (Å²) < 4.78 is 25.9. The minimum atomic E-state index is -3.33. The zero-order valence-electron chi connectivity index (χ0n) is 11.4. The number of hydrogen-bond acceptors (Lipinski definition) is 4. The van der Waals surface area contributed by atoms with E-state index in [4.69, 9.17) is 11.6 Å². The van der Waals surface area contributed by atoms with Crippen molar-refractivity contribution in [2.24, 2.45) is 0 Å². The molecule has 0 aliphatic carbocycles. The molecule has 8 heteroatoms. The number of benzene rings is 1. The molecule has 21 heavy (non-hydrogen) atoms. The molecule has 0 fully saturated rings. The van der Waals surface area contributed by atoms with E-state index in [-0.39, 0.29) is 6.04 Å². The Bertz CT molecular complexity index is 746. The summed E-state index contributed by atoms with van der Waals surface area (Å²) in [6.07, 6.45) is 1.09. The smallest absolute Gasteiger partial charge is 0.229 e. The summed E-state index contributed by atoms with van der Waals surface area (Å²) in [7, 11) is -3.33. The van der Waals surface area contributed by atoms with Crippen LogP contribution in [0.3, 0.4) is 0 Å². The maximum absolute atomic E-state index is 11.2. The van der Waals surface area contributed by atoms with Crippen LogP contribution in [0.4, 0.5) is 11.4 Å². The highest BCUT2D eigenvalue weighted by Gasteiger charge is 2.10. The lowest BCUT2D eigenvalue weighted by atomic mass is 10.2. The van der Waals surface area contributed by atoms with Gasteiger partial charge in [-0.15, -0.1) is 11.3 Å². The highest BCUT2D eigenvalue weighted by Crippen LogP contribution is 2.31. The van der Waals surface area contributed by atoms with E-state index in [1.54, 1.807) is 29.5 Å². The molecule has 1 aromatic carbocycles. The van der Waals surface area contributed by atoms with Crippen molar-refractivity contribution in [2.45, 2.75) is 13.0 Å². The van der Waals surface area contributed by atoms with Gasteiger partial charge in [-0.05, 0) is 47.1 Å². The highest BCUT2D eigenvalue weighted by molar-refractivity contribution is 9.10. The van der Waals surface area contributed by atoms with E-state index in [1.807, 2.05) is 5.38 Å². The lowest BCUT2D eigenvalue weighted by molar-refractivity contribution is 0.607. The molecule has 0 aliphatic rings. The molecular weight excluding hydrogens is 396 g/mol. The van der Waals surface area contributed by atoms with Gasteiger partial charge in [-0.3, -0.25) is 4.72 Å². The van der Waals surface area contributed by atoms with Crippen molar-refractivity contribution < 1.29 is 8.42 Å². The van der Waals surface area contributed by atoms with E-state index >= 15 is 0 Å². The number of hydrogen-bond donors (Lipinski definition) is 2. The fourth-order valence-corrected chi connectivity index (χ4v) is 4.08. The molecular formula is C13H14BrClN2O2S2. The van der Waals surface area contributed by atoms with Crippen LogP contribution in [0.2, 0.25) is 5.02 Å². The summed E-state index contributed by atoms with van der Waals surface area (Å²) in [5.74, 6) is 0. The number of halogens is 2. The fourth-order valence-electron chi connectivity index (χ4n) is 1.76. The predicted octanol–water partition coefficient (Wildman–Crippen LogP) is 4.71. The molecule has 1 aromatic heterocycles. The molecule has 0 spiro atoms. The van der Waals surface area contributed by atoms with E-state index in [0.717, 1.165) is 16.4 Å². The third-order valence-corrected chi connectivity index (χ3v) is 5.44. The summed E-state index contributed by atoms with van der Waals surface area (Å²) >= 11 is 11.2. The van der Waals surface area contributed by atoms with Gasteiger partial charge in [-0.2, -0.15) is 0 Å². The molecule has 2 rings (SSSR count). The Morgan fingerprint density at radius 3 is 2.57 bits per heavy atom. The van der Waals surface area contributed by atoms with Crippen molar-refractivity contribution in [1.29, 1.82) is 0 Å². The standard InChI is InChI=1S/C13H14BrClN2O2S2/c1-8(13-5-9(14)7-20-13)16-10-3-4-12(11(15)6-10)17-21(2,18)19/h3-8,16-17H,1-2H3. The van der Waals surface area contributed by atoms with Crippen LogP contribution < -0.4 is 10.0 Å². The predicted molar refractivity (Wildman–Crippen MR) is 94.0 cm³/mol. The molecule has 0 amide bonds. The number of anilines is 2. The fraction of sp³-hybridized carbons (Fsp3) is 0.231. The Balaban J connectivity index is 2.13. The van der Waals surface area contributed by atoms with E-state index in [0.29, 0.717) is 10.7 Å². The van der Waals surface area contributed by atoms with E-state index in [9.17, 15) is 8.42 Å². The topological polar surface area (TPSA) is 58.2 Å². The van der Waals surface area contributed by atoms with Crippen LogP contribution in [-0.2, 0) is 10.0 Å². The first-order chi connectivity index (χ1) is 9.74. The molecule has 0 radical (unpaired) electrons. The van der Waals surface area contributed by atoms with Gasteiger partial charge in [-0.25, -0.2) is 8.42 Å². The summed E-state index contributed by atoms with van der Waals surface area (Å²) in [5.41, 5.74) is 1.20. The van der Waals surface area contributed by atoms with Gasteiger partial charge in [0.05, 0.1) is 23.0 Å². The van der Waals surface area contributed by atoms with Crippen molar-refractivity contribution >= 4 is 60.3 Å². The Kier molecular flexibility index (Phi) is 5.19. The van der Waals surface area contributed by atoms with Crippen molar-refractivity contribution in [1.82, 2.24) is 0 Å². The van der Waals surface area contributed by atoms with E-state index < -0.39 is 10.0 Å². The second-order valence-electron chi connectivity index (χ2n) is 4.60. The number of nitrogens with one attached hydrogen (secondary N) is 2. The zero-order chi connectivity index (χ0) is 15.6. The monoisotopic (exact) mass is 408 g/mol. The van der Waals surface area contributed by atoms with Gasteiger partial charge in [0.1, 0.15) is 0 Å². The molecule has 1 atom stereocenters. The number of sulfonamides is 1. The van der Waals surface area contributed by atoms with Gasteiger partial charge in [0.15, 0.2) is 0 Å². The third-order valence-electron chi connectivity index (χ3n) is 2.66. The lowest BCUT2D eigenvalue weighted by Gasteiger charge is -2.15. The van der Waals surface area contributed by atoms with Crippen LogP contribution in [0.25, 0.3) is 0 Å². The summed E-state index contributed by atoms with van der Waals surface area (Å²) in [6.45, 7) is 2.05. The molecule has 4 nitrogen and oxygen atoms in total. The maximum atomic E-state index is 11.2. The van der Waals surface area contributed by atoms with E-state index in [2.05, 4.69) is 39.0 Å². The first kappa shape index (κ1) is 16.6. The second-order valence-corrected chi connectivity index (χ2v) is 8.62. The number of rotatable bonds is 5. The molecule has 0 bridgehead atoms. The van der Waals surface area contributed by atoms with Crippen molar-refractivity contribution in [2.75, 3.05) is 16.3 Å². The van der Waals surface area contributed by atoms with Crippen molar-refractivity contribution in [3.63, 3.8) is 0 Å². The minimum absolute atomic E-state index is 0.131. The molecule has 2 N–H and O–H groups in total. The lowest BCUT2D eigenvalue weighted by Crippen LogP contribution is -2.10. The molecule has 1 heterocycles. The molecule has 0 aliphatic heterocycles. The van der Waals surface area contributed by atoms with Gasteiger partial charge >= 0.3 is 0 Å². The zero-order valence-corrected chi connectivity index (χ0v) is 15.3. The van der Waals surface area contributed by atoms with Crippen LogP contribution >= 0.6 is 38.9 Å². The van der Waals surface area contributed by atoms with Gasteiger partial charge in [0.2, 0.25) is 10.0 Å².